The molecule has 1 aliphatic heterocycles. The number of likely N-dealkylation sites (tertiary alicyclic amines) is 1. The molecule has 0 saturated carbocycles. The van der Waals surface area contributed by atoms with E-state index in [0.717, 1.165) is 6.42 Å². The van der Waals surface area contributed by atoms with E-state index < -0.39 is 0 Å². The lowest BCUT2D eigenvalue weighted by molar-refractivity contribution is 0.0769. The van der Waals surface area contributed by atoms with Crippen molar-refractivity contribution in [2.75, 3.05) is 20.2 Å². The van der Waals surface area contributed by atoms with Crippen LogP contribution in [0.4, 0.5) is 0 Å². The molecule has 1 aromatic carbocycles. The first-order valence-electron chi connectivity index (χ1n) is 7.13. The van der Waals surface area contributed by atoms with Gasteiger partial charge in [-0.25, -0.2) is 9.97 Å². The van der Waals surface area contributed by atoms with Gasteiger partial charge in [0.05, 0.1) is 13.7 Å². The second-order valence-electron chi connectivity index (χ2n) is 5.04. The Morgan fingerprint density at radius 2 is 2.09 bits per heavy atom. The van der Waals surface area contributed by atoms with Gasteiger partial charge in [0.2, 0.25) is 0 Å². The van der Waals surface area contributed by atoms with Gasteiger partial charge in [-0.1, -0.05) is 6.07 Å². The van der Waals surface area contributed by atoms with Crippen molar-refractivity contribution in [3.8, 4) is 11.8 Å². The standard InChI is InChI=1S/C16H17N3O3/c1-21-13-5-2-4-12(10-13)15(20)19-9-6-14(11-19)22-16-17-7-3-8-18-16/h2-5,7-8,10,14H,6,9,11H2,1H3. The summed E-state index contributed by atoms with van der Waals surface area (Å²) in [6.07, 6.45) is 3.97. The van der Waals surface area contributed by atoms with Crippen molar-refractivity contribution in [1.29, 1.82) is 0 Å². The second-order valence-corrected chi connectivity index (χ2v) is 5.04. The van der Waals surface area contributed by atoms with Crippen LogP contribution in [0.5, 0.6) is 11.8 Å². The molecular weight excluding hydrogens is 282 g/mol. The highest BCUT2D eigenvalue weighted by Crippen LogP contribution is 2.19. The molecule has 1 amide bonds. The third-order valence-electron chi connectivity index (χ3n) is 3.56. The Morgan fingerprint density at radius 1 is 1.27 bits per heavy atom. The lowest BCUT2D eigenvalue weighted by Gasteiger charge is -2.17. The Bertz CT molecular complexity index is 648. The number of benzene rings is 1. The van der Waals surface area contributed by atoms with E-state index in [2.05, 4.69) is 9.97 Å². The van der Waals surface area contributed by atoms with Gasteiger partial charge in [-0.2, -0.15) is 0 Å². The lowest BCUT2D eigenvalue weighted by Crippen LogP contribution is -2.31. The van der Waals surface area contributed by atoms with Gasteiger partial charge in [0.1, 0.15) is 11.9 Å². The minimum atomic E-state index is -0.0723. The Morgan fingerprint density at radius 3 is 2.86 bits per heavy atom. The van der Waals surface area contributed by atoms with E-state index in [1.54, 1.807) is 42.6 Å². The molecule has 114 valence electrons. The quantitative estimate of drug-likeness (QED) is 0.861. The zero-order valence-corrected chi connectivity index (χ0v) is 12.3. The van der Waals surface area contributed by atoms with Crippen molar-refractivity contribution < 1.29 is 14.3 Å². The predicted molar refractivity (Wildman–Crippen MR) is 80.0 cm³/mol. The molecule has 0 aliphatic carbocycles. The third kappa shape index (κ3) is 3.16. The van der Waals surface area contributed by atoms with Gasteiger partial charge in [0.15, 0.2) is 0 Å². The van der Waals surface area contributed by atoms with E-state index in [1.807, 2.05) is 12.1 Å². The number of aromatic nitrogens is 2. The normalized spacial score (nSPS) is 17.3. The van der Waals surface area contributed by atoms with Crippen LogP contribution in [0, 0.1) is 0 Å². The van der Waals surface area contributed by atoms with E-state index >= 15 is 0 Å². The summed E-state index contributed by atoms with van der Waals surface area (Å²) in [5, 5.41) is 0. The molecule has 1 fully saturated rings. The minimum Gasteiger partial charge on any atom is -0.497 e. The van der Waals surface area contributed by atoms with Gasteiger partial charge in [-0.05, 0) is 24.3 Å². The van der Waals surface area contributed by atoms with Gasteiger partial charge in [0.25, 0.3) is 5.91 Å². The van der Waals surface area contributed by atoms with Crippen molar-refractivity contribution in [2.24, 2.45) is 0 Å². The zero-order chi connectivity index (χ0) is 15.4. The maximum atomic E-state index is 12.5. The number of carbonyl (C=O) groups is 1. The molecule has 2 heterocycles. The zero-order valence-electron chi connectivity index (χ0n) is 12.3. The van der Waals surface area contributed by atoms with Crippen LogP contribution in [-0.2, 0) is 0 Å². The number of nitrogens with zero attached hydrogens (tertiary/aromatic N) is 3. The van der Waals surface area contributed by atoms with Crippen molar-refractivity contribution >= 4 is 5.91 Å². The first-order chi connectivity index (χ1) is 10.8. The summed E-state index contributed by atoms with van der Waals surface area (Å²) in [5.74, 6) is 0.662. The molecule has 1 aromatic heterocycles. The second kappa shape index (κ2) is 6.43. The fraction of sp³-hybridized carbons (Fsp3) is 0.312. The topological polar surface area (TPSA) is 64.5 Å². The fourth-order valence-electron chi connectivity index (χ4n) is 2.44. The SMILES string of the molecule is COc1cccc(C(=O)N2CCC(Oc3ncccn3)C2)c1. The first-order valence-corrected chi connectivity index (χ1v) is 7.13. The van der Waals surface area contributed by atoms with Crippen molar-refractivity contribution in [1.82, 2.24) is 14.9 Å². The fourth-order valence-corrected chi connectivity index (χ4v) is 2.44. The Hall–Kier alpha value is -2.63. The van der Waals surface area contributed by atoms with E-state index in [4.69, 9.17) is 9.47 Å². The Kier molecular flexibility index (Phi) is 4.18. The molecule has 1 aliphatic rings. The third-order valence-corrected chi connectivity index (χ3v) is 3.56. The number of carbonyl (C=O) groups excluding carboxylic acids is 1. The molecule has 6 nitrogen and oxygen atoms in total. The predicted octanol–water partition coefficient (Wildman–Crippen LogP) is 1.78. The van der Waals surface area contributed by atoms with Crippen LogP contribution in [0.15, 0.2) is 42.7 Å². The van der Waals surface area contributed by atoms with E-state index in [0.29, 0.717) is 30.4 Å². The Balaban J connectivity index is 1.63. The highest BCUT2D eigenvalue weighted by molar-refractivity contribution is 5.94. The molecule has 0 N–H and O–H groups in total. The van der Waals surface area contributed by atoms with Gasteiger partial charge in [-0.15, -0.1) is 0 Å². The average molecular weight is 299 g/mol. The maximum Gasteiger partial charge on any atom is 0.316 e. The summed E-state index contributed by atoms with van der Waals surface area (Å²) in [6.45, 7) is 1.20. The van der Waals surface area contributed by atoms with Crippen LogP contribution in [-0.4, -0.2) is 47.1 Å². The summed E-state index contributed by atoms with van der Waals surface area (Å²) in [7, 11) is 1.59. The van der Waals surface area contributed by atoms with Crippen LogP contribution in [0.25, 0.3) is 0 Å². The molecule has 1 unspecified atom stereocenters. The summed E-state index contributed by atoms with van der Waals surface area (Å²) < 4.78 is 10.9. The van der Waals surface area contributed by atoms with Crippen molar-refractivity contribution in [2.45, 2.75) is 12.5 Å². The number of methoxy groups -OCH3 is 1. The average Bonchev–Trinajstić information content (AvgIpc) is 3.03. The number of amides is 1. The molecule has 1 saturated heterocycles. The highest BCUT2D eigenvalue weighted by Gasteiger charge is 2.28. The van der Waals surface area contributed by atoms with Gasteiger partial charge in [0, 0.05) is 30.9 Å². The monoisotopic (exact) mass is 299 g/mol. The van der Waals surface area contributed by atoms with Crippen LogP contribution >= 0.6 is 0 Å². The summed E-state index contributed by atoms with van der Waals surface area (Å²) >= 11 is 0. The van der Waals surface area contributed by atoms with Crippen LogP contribution in [0.1, 0.15) is 16.8 Å². The summed E-state index contributed by atoms with van der Waals surface area (Å²) in [5.41, 5.74) is 0.621. The first kappa shape index (κ1) is 14.3. The summed E-state index contributed by atoms with van der Waals surface area (Å²) in [6, 6.07) is 9.26. The van der Waals surface area contributed by atoms with Crippen molar-refractivity contribution in [3.63, 3.8) is 0 Å². The highest BCUT2D eigenvalue weighted by atomic mass is 16.5. The lowest BCUT2D eigenvalue weighted by atomic mass is 10.2. The molecular formula is C16H17N3O3. The van der Waals surface area contributed by atoms with Crippen LogP contribution < -0.4 is 9.47 Å². The number of hydrogen-bond acceptors (Lipinski definition) is 5. The number of hydrogen-bond donors (Lipinski definition) is 0. The smallest absolute Gasteiger partial charge is 0.316 e. The molecule has 22 heavy (non-hydrogen) atoms. The molecule has 0 bridgehead atoms. The molecule has 6 heteroatoms. The van der Waals surface area contributed by atoms with Gasteiger partial charge < -0.3 is 14.4 Å². The van der Waals surface area contributed by atoms with Crippen LogP contribution in [0.3, 0.4) is 0 Å². The van der Waals surface area contributed by atoms with E-state index in [-0.39, 0.29) is 12.0 Å². The molecule has 0 radical (unpaired) electrons. The summed E-state index contributed by atoms with van der Waals surface area (Å²) in [4.78, 5) is 22.4. The molecule has 3 rings (SSSR count). The molecule has 2 aromatic rings. The number of ether oxygens (including phenoxy) is 2. The molecule has 0 spiro atoms. The van der Waals surface area contributed by atoms with Gasteiger partial charge in [-0.3, -0.25) is 4.79 Å². The number of rotatable bonds is 4. The molecule has 1 atom stereocenters. The van der Waals surface area contributed by atoms with Crippen LogP contribution in [0.2, 0.25) is 0 Å². The van der Waals surface area contributed by atoms with E-state index in [1.165, 1.54) is 0 Å². The minimum absolute atomic E-state index is 0.0148. The van der Waals surface area contributed by atoms with Crippen molar-refractivity contribution in [3.05, 3.63) is 48.3 Å². The largest absolute Gasteiger partial charge is 0.497 e. The van der Waals surface area contributed by atoms with E-state index in [9.17, 15) is 4.79 Å². The maximum absolute atomic E-state index is 12.5. The Labute approximate surface area is 128 Å². The van der Waals surface area contributed by atoms with Gasteiger partial charge >= 0.3 is 6.01 Å².